The van der Waals surface area contributed by atoms with E-state index in [0.29, 0.717) is 33.1 Å². The van der Waals surface area contributed by atoms with Gasteiger partial charge in [0, 0.05) is 34.4 Å². The van der Waals surface area contributed by atoms with Gasteiger partial charge in [0.25, 0.3) is 11.8 Å². The maximum Gasteiger partial charge on any atom is 0.272 e. The second-order valence-corrected chi connectivity index (χ2v) is 11.7. The van der Waals surface area contributed by atoms with Crippen molar-refractivity contribution in [3.8, 4) is 0 Å². The van der Waals surface area contributed by atoms with Crippen molar-refractivity contribution in [2.45, 2.75) is 17.1 Å². The van der Waals surface area contributed by atoms with Crippen LogP contribution in [0.25, 0.3) is 6.08 Å². The Bertz CT molecular complexity index is 1930. The van der Waals surface area contributed by atoms with Crippen molar-refractivity contribution in [1.82, 2.24) is 5.32 Å². The smallest absolute Gasteiger partial charge is 0.272 e. The molecule has 1 unspecified atom stereocenters. The summed E-state index contributed by atoms with van der Waals surface area (Å²) < 4.78 is 13.5. The standard InChI is InChI=1S/C38H31FN4O4S/c1-25(44)40-30-19-21-31(22-20-30)41-38(47)35(27-9-4-2-5-10-27)48-33-14-8-13-32(24-33)42-37(46)34(23-26-15-17-29(39)18-16-26)43-36(45)28-11-6-3-7-12-28/h2-24,35H,1H3,(H,40,44)(H,41,47)(H,42,46)(H,43,45)/b34-23-. The van der Waals surface area contributed by atoms with E-state index in [4.69, 9.17) is 0 Å². The van der Waals surface area contributed by atoms with Crippen LogP contribution in [-0.2, 0) is 14.4 Å². The minimum atomic E-state index is -0.647. The molecule has 0 spiro atoms. The van der Waals surface area contributed by atoms with Gasteiger partial charge in [0.1, 0.15) is 16.8 Å². The molecule has 0 bridgehead atoms. The van der Waals surface area contributed by atoms with Crippen molar-refractivity contribution in [2.24, 2.45) is 0 Å². The summed E-state index contributed by atoms with van der Waals surface area (Å²) in [5.74, 6) is -1.96. The van der Waals surface area contributed by atoms with Crippen LogP contribution in [0.1, 0.15) is 33.7 Å². The molecule has 0 aliphatic heterocycles. The van der Waals surface area contributed by atoms with Crippen LogP contribution in [0.3, 0.4) is 0 Å². The average molecular weight is 659 g/mol. The summed E-state index contributed by atoms with van der Waals surface area (Å²) in [6.45, 7) is 1.42. The highest BCUT2D eigenvalue weighted by Crippen LogP contribution is 2.37. The molecule has 0 aromatic heterocycles. The molecule has 0 aliphatic carbocycles. The molecule has 4 amide bonds. The maximum atomic E-state index is 13.6. The van der Waals surface area contributed by atoms with Gasteiger partial charge in [-0.25, -0.2) is 4.39 Å². The van der Waals surface area contributed by atoms with Crippen LogP contribution in [0.2, 0.25) is 0 Å². The maximum absolute atomic E-state index is 13.6. The number of hydrogen-bond donors (Lipinski definition) is 4. The molecule has 10 heteroatoms. The zero-order chi connectivity index (χ0) is 33.9. The molecular weight excluding hydrogens is 628 g/mol. The zero-order valence-corrected chi connectivity index (χ0v) is 26.6. The molecule has 0 saturated heterocycles. The van der Waals surface area contributed by atoms with Gasteiger partial charge in [-0.1, -0.05) is 66.7 Å². The van der Waals surface area contributed by atoms with Gasteiger partial charge in [-0.2, -0.15) is 0 Å². The fraction of sp³-hybridized carbons (Fsp3) is 0.0526. The van der Waals surface area contributed by atoms with E-state index in [2.05, 4.69) is 21.3 Å². The van der Waals surface area contributed by atoms with Gasteiger partial charge in [-0.15, -0.1) is 11.8 Å². The molecule has 1 atom stereocenters. The van der Waals surface area contributed by atoms with Gasteiger partial charge in [-0.3, -0.25) is 19.2 Å². The Kier molecular flexibility index (Phi) is 11.1. The molecule has 0 heterocycles. The van der Waals surface area contributed by atoms with Crippen LogP contribution in [0.15, 0.2) is 144 Å². The van der Waals surface area contributed by atoms with Crippen LogP contribution in [0.5, 0.6) is 0 Å². The number of nitrogens with one attached hydrogen (secondary N) is 4. The Morgan fingerprint density at radius 2 is 1.29 bits per heavy atom. The van der Waals surface area contributed by atoms with E-state index in [1.54, 1.807) is 72.8 Å². The molecule has 0 radical (unpaired) electrons. The zero-order valence-electron chi connectivity index (χ0n) is 25.8. The second kappa shape index (κ2) is 16.0. The molecule has 5 aromatic carbocycles. The molecule has 0 saturated carbocycles. The van der Waals surface area contributed by atoms with Crippen molar-refractivity contribution < 1.29 is 23.6 Å². The number of carbonyl (C=O) groups is 4. The first-order chi connectivity index (χ1) is 23.2. The van der Waals surface area contributed by atoms with Gasteiger partial charge in [0.15, 0.2) is 0 Å². The Morgan fingerprint density at radius 1 is 0.667 bits per heavy atom. The summed E-state index contributed by atoms with van der Waals surface area (Å²) in [7, 11) is 0. The summed E-state index contributed by atoms with van der Waals surface area (Å²) in [4.78, 5) is 52.2. The van der Waals surface area contributed by atoms with Gasteiger partial charge in [0.2, 0.25) is 11.8 Å². The largest absolute Gasteiger partial charge is 0.326 e. The van der Waals surface area contributed by atoms with E-state index in [1.807, 2.05) is 36.4 Å². The lowest BCUT2D eigenvalue weighted by Gasteiger charge is -2.18. The SMILES string of the molecule is CC(=O)Nc1ccc(NC(=O)C(Sc2cccc(NC(=O)/C(=C/c3ccc(F)cc3)NC(=O)c3ccccc3)c2)c2ccccc2)cc1. The summed E-state index contributed by atoms with van der Waals surface area (Å²) in [6.07, 6.45) is 1.46. The van der Waals surface area contributed by atoms with Crippen LogP contribution < -0.4 is 21.3 Å². The van der Waals surface area contributed by atoms with E-state index in [9.17, 15) is 23.6 Å². The molecule has 4 N–H and O–H groups in total. The highest BCUT2D eigenvalue weighted by Gasteiger charge is 2.23. The first-order valence-electron chi connectivity index (χ1n) is 14.9. The molecule has 240 valence electrons. The fourth-order valence-electron chi connectivity index (χ4n) is 4.60. The van der Waals surface area contributed by atoms with E-state index in [0.717, 1.165) is 5.56 Å². The third kappa shape index (κ3) is 9.51. The first-order valence-corrected chi connectivity index (χ1v) is 15.8. The van der Waals surface area contributed by atoms with Crippen molar-refractivity contribution >= 4 is 58.5 Å². The van der Waals surface area contributed by atoms with Gasteiger partial charge < -0.3 is 21.3 Å². The van der Waals surface area contributed by atoms with Gasteiger partial charge in [-0.05, 0) is 83.9 Å². The van der Waals surface area contributed by atoms with E-state index >= 15 is 0 Å². The third-order valence-electron chi connectivity index (χ3n) is 6.87. The monoisotopic (exact) mass is 658 g/mol. The number of hydrogen-bond acceptors (Lipinski definition) is 5. The Hall–Kier alpha value is -6.00. The summed E-state index contributed by atoms with van der Waals surface area (Å²) >= 11 is 1.30. The van der Waals surface area contributed by atoms with E-state index in [1.165, 1.54) is 49.0 Å². The van der Waals surface area contributed by atoms with Crippen LogP contribution >= 0.6 is 11.8 Å². The molecular formula is C38H31FN4O4S. The third-order valence-corrected chi connectivity index (χ3v) is 8.12. The van der Waals surface area contributed by atoms with Crippen LogP contribution in [-0.4, -0.2) is 23.6 Å². The number of amides is 4. The van der Waals surface area contributed by atoms with Crippen molar-refractivity contribution in [3.63, 3.8) is 0 Å². The summed E-state index contributed by atoms with van der Waals surface area (Å²) in [5, 5.41) is 10.5. The van der Waals surface area contributed by atoms with E-state index in [-0.39, 0.29) is 17.5 Å². The predicted molar refractivity (Wildman–Crippen MR) is 188 cm³/mol. The lowest BCUT2D eigenvalue weighted by molar-refractivity contribution is -0.116. The molecule has 8 nitrogen and oxygen atoms in total. The Morgan fingerprint density at radius 3 is 1.94 bits per heavy atom. The fourth-order valence-corrected chi connectivity index (χ4v) is 5.68. The van der Waals surface area contributed by atoms with Gasteiger partial charge >= 0.3 is 0 Å². The molecule has 48 heavy (non-hydrogen) atoms. The quantitative estimate of drug-likeness (QED) is 0.0859. The summed E-state index contributed by atoms with van der Waals surface area (Å²) in [5.41, 5.74) is 3.23. The van der Waals surface area contributed by atoms with Crippen LogP contribution in [0, 0.1) is 5.82 Å². The summed E-state index contributed by atoms with van der Waals surface area (Å²) in [6, 6.07) is 37.2. The highest BCUT2D eigenvalue weighted by molar-refractivity contribution is 8.00. The van der Waals surface area contributed by atoms with Crippen molar-refractivity contribution in [3.05, 3.63) is 162 Å². The Balaban J connectivity index is 1.35. The van der Waals surface area contributed by atoms with Gasteiger partial charge in [0.05, 0.1) is 0 Å². The molecule has 0 aliphatic rings. The molecule has 5 aromatic rings. The number of rotatable bonds is 11. The predicted octanol–water partition coefficient (Wildman–Crippen LogP) is 7.67. The number of anilines is 3. The number of thioether (sulfide) groups is 1. The minimum absolute atomic E-state index is 0.0421. The number of carbonyl (C=O) groups excluding carboxylic acids is 4. The number of halogens is 1. The molecule has 0 fully saturated rings. The topological polar surface area (TPSA) is 116 Å². The first kappa shape index (κ1) is 33.4. The average Bonchev–Trinajstić information content (AvgIpc) is 3.09. The highest BCUT2D eigenvalue weighted by atomic mass is 32.2. The molecule has 5 rings (SSSR count). The Labute approximate surface area is 281 Å². The van der Waals surface area contributed by atoms with Crippen molar-refractivity contribution in [1.29, 1.82) is 0 Å². The van der Waals surface area contributed by atoms with E-state index < -0.39 is 22.9 Å². The second-order valence-electron chi connectivity index (χ2n) is 10.6. The van der Waals surface area contributed by atoms with Crippen molar-refractivity contribution in [2.75, 3.05) is 16.0 Å². The lowest BCUT2D eigenvalue weighted by Crippen LogP contribution is -2.30. The normalized spacial score (nSPS) is 11.6. The lowest BCUT2D eigenvalue weighted by atomic mass is 10.1. The minimum Gasteiger partial charge on any atom is -0.326 e. The van der Waals surface area contributed by atoms with Crippen LogP contribution in [0.4, 0.5) is 21.5 Å². The number of benzene rings is 5.